The zero-order valence-corrected chi connectivity index (χ0v) is 14.8. The molecule has 1 aromatic heterocycles. The van der Waals surface area contributed by atoms with Gasteiger partial charge in [0.05, 0.1) is 13.2 Å². The maximum absolute atomic E-state index is 12.4. The summed E-state index contributed by atoms with van der Waals surface area (Å²) in [6.07, 6.45) is 4.96. The molecule has 9 heteroatoms. The quantitative estimate of drug-likeness (QED) is 0.736. The van der Waals surface area contributed by atoms with Crippen LogP contribution in [0.4, 0.5) is 5.95 Å². The van der Waals surface area contributed by atoms with Gasteiger partial charge in [0.25, 0.3) is 0 Å². The molecule has 9 nitrogen and oxygen atoms in total. The Labute approximate surface area is 151 Å². The van der Waals surface area contributed by atoms with Crippen LogP contribution in [0.15, 0.2) is 23.6 Å². The van der Waals surface area contributed by atoms with E-state index in [9.17, 15) is 9.59 Å². The van der Waals surface area contributed by atoms with Gasteiger partial charge in [-0.2, -0.15) is 0 Å². The Morgan fingerprint density at radius 2 is 2.04 bits per heavy atom. The molecule has 0 bridgehead atoms. The number of amides is 1. The highest BCUT2D eigenvalue weighted by molar-refractivity contribution is 6.36. The van der Waals surface area contributed by atoms with Crippen LogP contribution in [0.2, 0.25) is 0 Å². The molecule has 0 aliphatic carbocycles. The fraction of sp³-hybridized carbons (Fsp3) is 0.588. The highest BCUT2D eigenvalue weighted by atomic mass is 16.6. The van der Waals surface area contributed by atoms with E-state index in [1.165, 1.54) is 0 Å². The second kappa shape index (κ2) is 8.59. The van der Waals surface area contributed by atoms with Crippen molar-refractivity contribution in [2.24, 2.45) is 11.1 Å². The number of hydrogen-bond acceptors (Lipinski definition) is 8. The van der Waals surface area contributed by atoms with Gasteiger partial charge in [0.15, 0.2) is 11.8 Å². The van der Waals surface area contributed by atoms with Gasteiger partial charge in [-0.05, 0) is 25.8 Å². The summed E-state index contributed by atoms with van der Waals surface area (Å²) < 4.78 is 4.89. The first-order valence-corrected chi connectivity index (χ1v) is 8.87. The molecule has 1 saturated heterocycles. The van der Waals surface area contributed by atoms with Gasteiger partial charge >= 0.3 is 5.97 Å². The normalized spacial score (nSPS) is 20.3. The molecule has 2 aliphatic heterocycles. The number of anilines is 1. The Kier molecular flexibility index (Phi) is 5.98. The third-order valence-electron chi connectivity index (χ3n) is 4.45. The summed E-state index contributed by atoms with van der Waals surface area (Å²) in [6.45, 7) is 3.86. The van der Waals surface area contributed by atoms with Crippen LogP contribution >= 0.6 is 0 Å². The Bertz CT molecular complexity index is 658. The molecule has 3 heterocycles. The Morgan fingerprint density at radius 3 is 2.73 bits per heavy atom. The van der Waals surface area contributed by atoms with Gasteiger partial charge in [-0.1, -0.05) is 5.16 Å². The minimum atomic E-state index is -0.461. The maximum atomic E-state index is 12.4. The zero-order chi connectivity index (χ0) is 18.4. The molecule has 0 spiro atoms. The van der Waals surface area contributed by atoms with Crippen molar-refractivity contribution in [3.63, 3.8) is 0 Å². The van der Waals surface area contributed by atoms with Crippen molar-refractivity contribution in [3.8, 4) is 0 Å². The van der Waals surface area contributed by atoms with E-state index in [4.69, 9.17) is 9.57 Å². The largest absolute Gasteiger partial charge is 0.461 e. The molecule has 0 aromatic carbocycles. The highest BCUT2D eigenvalue weighted by Gasteiger charge is 2.30. The fourth-order valence-electron chi connectivity index (χ4n) is 3.03. The number of aromatic nitrogens is 2. The lowest BCUT2D eigenvalue weighted by Gasteiger charge is -2.31. The summed E-state index contributed by atoms with van der Waals surface area (Å²) in [7, 11) is 0. The van der Waals surface area contributed by atoms with E-state index < -0.39 is 5.97 Å². The van der Waals surface area contributed by atoms with Gasteiger partial charge in [-0.3, -0.25) is 4.79 Å². The van der Waals surface area contributed by atoms with Gasteiger partial charge in [0.1, 0.15) is 0 Å². The van der Waals surface area contributed by atoms with Crippen LogP contribution in [-0.2, 0) is 19.2 Å². The summed E-state index contributed by atoms with van der Waals surface area (Å²) >= 11 is 0. The van der Waals surface area contributed by atoms with Gasteiger partial charge in [0, 0.05) is 37.8 Å². The molecular weight excluding hydrogens is 338 g/mol. The van der Waals surface area contributed by atoms with Crippen LogP contribution in [0, 0.1) is 5.92 Å². The van der Waals surface area contributed by atoms with Crippen LogP contribution in [0.3, 0.4) is 0 Å². The van der Waals surface area contributed by atoms with Gasteiger partial charge in [-0.15, -0.1) is 0 Å². The second-order valence-corrected chi connectivity index (χ2v) is 6.25. The zero-order valence-electron chi connectivity index (χ0n) is 14.8. The maximum Gasteiger partial charge on any atom is 0.356 e. The first kappa shape index (κ1) is 18.1. The minimum Gasteiger partial charge on any atom is -0.461 e. The molecule has 0 radical (unpaired) electrons. The number of esters is 1. The first-order valence-electron chi connectivity index (χ1n) is 8.87. The van der Waals surface area contributed by atoms with E-state index >= 15 is 0 Å². The number of hydrogen-bond donors (Lipinski definition) is 1. The lowest BCUT2D eigenvalue weighted by molar-refractivity contribution is -0.135. The van der Waals surface area contributed by atoms with E-state index in [0.29, 0.717) is 25.5 Å². The van der Waals surface area contributed by atoms with Crippen molar-refractivity contribution in [1.82, 2.24) is 15.3 Å². The Morgan fingerprint density at radius 1 is 1.31 bits per heavy atom. The van der Waals surface area contributed by atoms with E-state index in [2.05, 4.69) is 25.3 Å². The van der Waals surface area contributed by atoms with Gasteiger partial charge < -0.3 is 19.8 Å². The number of nitrogens with zero attached hydrogens (tertiary/aromatic N) is 4. The first-order chi connectivity index (χ1) is 12.7. The van der Waals surface area contributed by atoms with Crippen molar-refractivity contribution in [2.45, 2.75) is 32.3 Å². The number of nitrogens with one attached hydrogen (secondary N) is 1. The lowest BCUT2D eigenvalue weighted by Crippen LogP contribution is -2.43. The molecule has 140 valence electrons. The summed E-state index contributed by atoms with van der Waals surface area (Å²) in [5.74, 6) is 0.208. The monoisotopic (exact) mass is 361 g/mol. The molecule has 1 atom stereocenters. The predicted molar refractivity (Wildman–Crippen MR) is 93.5 cm³/mol. The lowest BCUT2D eigenvalue weighted by atomic mass is 9.96. The van der Waals surface area contributed by atoms with Crippen LogP contribution in [-0.4, -0.2) is 59.9 Å². The highest BCUT2D eigenvalue weighted by Crippen LogP contribution is 2.20. The standard InChI is InChI=1S/C17H23N5O4/c1-2-25-16(24)14-10-13(26-21-14)11-20-15(23)12-4-8-22(9-5-12)17-18-6-3-7-19-17/h3,6-7,12-13H,2,4-5,8-11H2,1H3,(H,20,23)/t13-/m0/s1. The molecule has 0 unspecified atom stereocenters. The summed E-state index contributed by atoms with van der Waals surface area (Å²) in [5.41, 5.74) is 0.266. The molecule has 0 saturated carbocycles. The van der Waals surface area contributed by atoms with Crippen molar-refractivity contribution in [2.75, 3.05) is 31.1 Å². The van der Waals surface area contributed by atoms with E-state index in [1.807, 2.05) is 0 Å². The number of piperidine rings is 1. The Hall–Kier alpha value is -2.71. The third-order valence-corrected chi connectivity index (χ3v) is 4.45. The number of rotatable bonds is 6. The number of ether oxygens (including phenoxy) is 1. The van der Waals surface area contributed by atoms with Crippen molar-refractivity contribution in [1.29, 1.82) is 0 Å². The number of carbonyl (C=O) groups is 2. The molecule has 26 heavy (non-hydrogen) atoms. The second-order valence-electron chi connectivity index (χ2n) is 6.25. The smallest absolute Gasteiger partial charge is 0.356 e. The average Bonchev–Trinajstić information content (AvgIpc) is 3.16. The van der Waals surface area contributed by atoms with Gasteiger partial charge in [0.2, 0.25) is 11.9 Å². The molecule has 1 amide bonds. The van der Waals surface area contributed by atoms with Crippen molar-refractivity contribution >= 4 is 23.5 Å². The summed E-state index contributed by atoms with van der Waals surface area (Å²) in [5, 5.41) is 6.64. The average molecular weight is 361 g/mol. The van der Waals surface area contributed by atoms with E-state index in [0.717, 1.165) is 25.9 Å². The molecule has 2 aliphatic rings. The van der Waals surface area contributed by atoms with Gasteiger partial charge in [-0.25, -0.2) is 14.8 Å². The summed E-state index contributed by atoms with van der Waals surface area (Å²) in [4.78, 5) is 39.7. The molecular formula is C17H23N5O4. The van der Waals surface area contributed by atoms with Crippen molar-refractivity contribution < 1.29 is 19.2 Å². The number of oxime groups is 1. The van der Waals surface area contributed by atoms with Crippen LogP contribution < -0.4 is 10.2 Å². The topological polar surface area (TPSA) is 106 Å². The minimum absolute atomic E-state index is 0.00631. The fourth-order valence-corrected chi connectivity index (χ4v) is 3.03. The molecule has 3 rings (SSSR count). The van der Waals surface area contributed by atoms with Crippen LogP contribution in [0.1, 0.15) is 26.2 Å². The summed E-state index contributed by atoms with van der Waals surface area (Å²) in [6, 6.07) is 1.78. The number of carbonyl (C=O) groups excluding carboxylic acids is 2. The molecule has 1 aromatic rings. The SMILES string of the molecule is CCOC(=O)C1=NO[C@H](CNC(=O)C2CCN(c3ncccn3)CC2)C1. The Balaban J connectivity index is 1.38. The molecule has 1 fully saturated rings. The van der Waals surface area contributed by atoms with Crippen LogP contribution in [0.25, 0.3) is 0 Å². The van der Waals surface area contributed by atoms with E-state index in [1.54, 1.807) is 25.4 Å². The van der Waals surface area contributed by atoms with Crippen LogP contribution in [0.5, 0.6) is 0 Å². The van der Waals surface area contributed by atoms with Crippen molar-refractivity contribution in [3.05, 3.63) is 18.5 Å². The van der Waals surface area contributed by atoms with E-state index in [-0.39, 0.29) is 23.6 Å². The predicted octanol–water partition coefficient (Wildman–Crippen LogP) is 0.517. The third kappa shape index (κ3) is 4.47. The molecule has 1 N–H and O–H groups in total.